The van der Waals surface area contributed by atoms with Gasteiger partial charge >= 0.3 is 16.4 Å². The van der Waals surface area contributed by atoms with E-state index >= 15 is 0 Å². The zero-order valence-corrected chi connectivity index (χ0v) is 70.7. The normalized spacial score (nSPS) is 17.2. The molecule has 20 heteroatoms. The third-order valence-electron chi connectivity index (χ3n) is 21.8. The minimum absolute atomic E-state index is 0.0291. The molecule has 0 aromatic heterocycles. The van der Waals surface area contributed by atoms with Crippen LogP contribution in [-0.2, 0) is 76.7 Å². The summed E-state index contributed by atoms with van der Waals surface area (Å²) in [5.41, 5.74) is 3.94. The van der Waals surface area contributed by atoms with Gasteiger partial charge in [-0.25, -0.2) is 4.18 Å². The van der Waals surface area contributed by atoms with Gasteiger partial charge in [0, 0.05) is 13.0 Å². The zero-order valence-electron chi connectivity index (χ0n) is 69.8. The fourth-order valence-electron chi connectivity index (χ4n) is 15.3. The van der Waals surface area contributed by atoms with Crippen molar-refractivity contribution in [3.05, 3.63) is 108 Å². The molecule has 19 nitrogen and oxygen atoms in total. The molecule has 4 rings (SSSR count). The van der Waals surface area contributed by atoms with Gasteiger partial charge in [0.25, 0.3) is 0 Å². The Bertz CT molecular complexity index is 2860. The Morgan fingerprint density at radius 2 is 0.750 bits per heavy atom. The molecule has 112 heavy (non-hydrogen) atoms. The first kappa shape index (κ1) is 99.5. The van der Waals surface area contributed by atoms with E-state index in [0.29, 0.717) is 51.4 Å². The van der Waals surface area contributed by atoms with Crippen molar-refractivity contribution < 1.29 is 75.3 Å². The molecule has 3 amide bonds. The maximum absolute atomic E-state index is 15.0. The Balaban J connectivity index is 1.58. The molecule has 0 aliphatic carbocycles. The highest BCUT2D eigenvalue weighted by atomic mass is 32.3. The Morgan fingerprint density at radius 3 is 1.13 bits per heavy atom. The molecule has 0 spiro atoms. The first-order valence-corrected chi connectivity index (χ1v) is 46.3. The fourth-order valence-corrected chi connectivity index (χ4v) is 15.8. The maximum Gasteiger partial charge on any atom is 0.397 e. The molecule has 0 radical (unpaired) electrons. The van der Waals surface area contributed by atoms with Crippen LogP contribution in [0.5, 0.6) is 0 Å². The molecule has 3 aromatic carbocycles. The standard InChI is InChI=1S/C92H155N3O16S/c1-4-7-10-13-16-19-22-31-49-64-79(107-86(100)67-52-34-25-28-40-55-76-58-43-37-44-59-76)72-83(97)93-70-71-106-92-90(95-85(99)74-81(66-51-33-24-21-18-15-12-9-6-3)109-88(102)69-54-36-27-30-42-57-78-62-47-39-48-63-78)89(91(82(75-96)110-92)111-112(103,104)105)94-84(98)73-80(65-50-32-23-20-17-14-11-8-5-2)108-87(101)68-53-35-26-29-41-56-77-60-45-38-46-61-77/h37-39,43-48,58-63,79-82,86,88-92,96,100,102H,4-36,40-42,49-57,64-75H2,1-3H3,(H,93,97)(H,94,98)(H,95,99)(H,103,104,105)/t79-,80-,81-,82?,86?,88?,89?,90?,91-,92-/m1/s1. The van der Waals surface area contributed by atoms with E-state index in [-0.39, 0.29) is 44.7 Å². The Kier molecular flexibility index (Phi) is 58.8. The highest BCUT2D eigenvalue weighted by Crippen LogP contribution is 2.29. The van der Waals surface area contributed by atoms with Gasteiger partial charge in [0.1, 0.15) is 24.4 Å². The number of nitrogens with one attached hydrogen (secondary N) is 3. The van der Waals surface area contributed by atoms with Gasteiger partial charge in [-0.2, -0.15) is 8.42 Å². The number of amides is 3. The number of aryl methyl sites for hydroxylation is 3. The number of aliphatic hydroxyl groups excluding tert-OH is 3. The SMILES string of the molecule is CCCCCCCCCCC[C@H](CC(=O)NC1C(NC(=O)C[C@@H](CCCCCCCCCCC)OC(O)CCCCCCCc2ccccc2)[C@H](OCCNC(=O)C[C@@H](CCCCCCCCCCC)OC(O)CCCCCCCc2ccccc2)OC(CO)[C@H]1OS(=O)(=O)O)OC(=O)CCCCCCCc1ccccc1. The Morgan fingerprint density at radius 1 is 0.420 bits per heavy atom. The van der Waals surface area contributed by atoms with Crippen LogP contribution in [0, 0.1) is 0 Å². The van der Waals surface area contributed by atoms with Crippen LogP contribution in [0.3, 0.4) is 0 Å². The van der Waals surface area contributed by atoms with Crippen LogP contribution < -0.4 is 16.0 Å². The number of aliphatic hydroxyl groups is 3. The molecule has 1 aliphatic rings. The van der Waals surface area contributed by atoms with E-state index in [0.717, 1.165) is 186 Å². The molecule has 640 valence electrons. The quantitative estimate of drug-likeness (QED) is 0.0120. The van der Waals surface area contributed by atoms with Gasteiger partial charge in [-0.15, -0.1) is 0 Å². The summed E-state index contributed by atoms with van der Waals surface area (Å²) in [5, 5.41) is 42.5. The fraction of sp³-hybridized carbons (Fsp3) is 0.761. The second-order valence-corrected chi connectivity index (χ2v) is 33.0. The van der Waals surface area contributed by atoms with Crippen molar-refractivity contribution in [2.45, 2.75) is 429 Å². The Labute approximate surface area is 678 Å². The van der Waals surface area contributed by atoms with Crippen LogP contribution in [0.15, 0.2) is 91.0 Å². The summed E-state index contributed by atoms with van der Waals surface area (Å²) in [6.07, 6.45) is 38.7. The summed E-state index contributed by atoms with van der Waals surface area (Å²) in [5.74, 6) is -2.11. The highest BCUT2D eigenvalue weighted by Gasteiger charge is 2.50. The van der Waals surface area contributed by atoms with Crippen LogP contribution in [0.2, 0.25) is 0 Å². The smallest absolute Gasteiger partial charge is 0.397 e. The predicted molar refractivity (Wildman–Crippen MR) is 450 cm³/mol. The van der Waals surface area contributed by atoms with Crippen molar-refractivity contribution in [1.82, 2.24) is 16.0 Å². The van der Waals surface area contributed by atoms with Gasteiger partial charge in [-0.3, -0.25) is 23.7 Å². The van der Waals surface area contributed by atoms with Crippen molar-refractivity contribution in [3.63, 3.8) is 0 Å². The van der Waals surface area contributed by atoms with Crippen LogP contribution >= 0.6 is 0 Å². The molecule has 0 saturated carbocycles. The zero-order chi connectivity index (χ0) is 80.6. The second-order valence-electron chi connectivity index (χ2n) is 32.0. The van der Waals surface area contributed by atoms with E-state index in [1.807, 2.05) is 30.3 Å². The Hall–Kier alpha value is -4.87. The van der Waals surface area contributed by atoms with Crippen LogP contribution in [0.25, 0.3) is 0 Å². The summed E-state index contributed by atoms with van der Waals surface area (Å²) < 4.78 is 73.1. The number of carbonyl (C=O) groups is 4. The van der Waals surface area contributed by atoms with Gasteiger partial charge in [0.05, 0.1) is 50.7 Å². The first-order valence-electron chi connectivity index (χ1n) is 45.0. The predicted octanol–water partition coefficient (Wildman–Crippen LogP) is 20.0. The van der Waals surface area contributed by atoms with E-state index in [4.69, 9.17) is 27.9 Å². The number of hydrogen-bond acceptors (Lipinski definition) is 15. The molecule has 1 fully saturated rings. The highest BCUT2D eigenvalue weighted by molar-refractivity contribution is 7.80. The molecule has 1 saturated heterocycles. The summed E-state index contributed by atoms with van der Waals surface area (Å²) in [7, 11) is -5.35. The van der Waals surface area contributed by atoms with E-state index in [9.17, 15) is 47.5 Å². The van der Waals surface area contributed by atoms with Crippen molar-refractivity contribution in [3.8, 4) is 0 Å². The summed E-state index contributed by atoms with van der Waals surface area (Å²) >= 11 is 0. The van der Waals surface area contributed by atoms with Crippen molar-refractivity contribution in [2.75, 3.05) is 19.8 Å². The van der Waals surface area contributed by atoms with Gasteiger partial charge in [-0.05, 0) is 113 Å². The van der Waals surface area contributed by atoms with E-state index < -0.39 is 96.3 Å². The van der Waals surface area contributed by atoms with Gasteiger partial charge in [-0.1, -0.05) is 336 Å². The molecule has 3 aromatic rings. The summed E-state index contributed by atoms with van der Waals surface area (Å²) in [4.78, 5) is 57.6. The number of unbranched alkanes of at least 4 members (excludes halogenated alkanes) is 36. The number of ether oxygens (including phenoxy) is 5. The third-order valence-corrected chi connectivity index (χ3v) is 22.3. The van der Waals surface area contributed by atoms with Crippen molar-refractivity contribution >= 4 is 34.1 Å². The largest absolute Gasteiger partial charge is 0.462 e. The minimum Gasteiger partial charge on any atom is -0.462 e. The van der Waals surface area contributed by atoms with Gasteiger partial charge < -0.3 is 55.0 Å². The lowest BCUT2D eigenvalue weighted by molar-refractivity contribution is -0.245. The average Bonchev–Trinajstić information content (AvgIpc) is 0.780. The van der Waals surface area contributed by atoms with Crippen molar-refractivity contribution in [2.24, 2.45) is 0 Å². The number of esters is 1. The second kappa shape index (κ2) is 66.2. The lowest BCUT2D eigenvalue weighted by atomic mass is 9.93. The summed E-state index contributed by atoms with van der Waals surface area (Å²) in [6, 6.07) is 28.2. The van der Waals surface area contributed by atoms with Crippen LogP contribution in [0.4, 0.5) is 0 Å². The average molecular weight is 1590 g/mol. The van der Waals surface area contributed by atoms with Crippen LogP contribution in [0.1, 0.15) is 365 Å². The topological polar surface area (TPSA) is 275 Å². The molecule has 7 N–H and O–H groups in total. The molecule has 0 bridgehead atoms. The first-order chi connectivity index (χ1) is 54.6. The minimum atomic E-state index is -5.35. The molecule has 1 heterocycles. The number of hydrogen-bond donors (Lipinski definition) is 7. The monoisotopic (exact) mass is 1590 g/mol. The molecular formula is C92H155N3O16S. The maximum atomic E-state index is 15.0. The number of benzene rings is 3. The van der Waals surface area contributed by atoms with Crippen molar-refractivity contribution in [1.29, 1.82) is 0 Å². The molecule has 5 unspecified atom stereocenters. The van der Waals surface area contributed by atoms with E-state index in [2.05, 4.69) is 97.4 Å². The van der Waals surface area contributed by atoms with Gasteiger partial charge in [0.2, 0.25) is 17.7 Å². The molecule has 10 atom stereocenters. The van der Waals surface area contributed by atoms with Crippen LogP contribution in [-0.4, -0.2) is 133 Å². The lowest BCUT2D eigenvalue weighted by Crippen LogP contribution is -2.70. The third kappa shape index (κ3) is 52.0. The van der Waals surface area contributed by atoms with Gasteiger partial charge in [0.15, 0.2) is 18.9 Å². The summed E-state index contributed by atoms with van der Waals surface area (Å²) in [6.45, 7) is 5.40. The number of carbonyl (C=O) groups excluding carboxylic acids is 4. The molecule has 1 aliphatic heterocycles. The molecular weight excluding hydrogens is 1440 g/mol. The van der Waals surface area contributed by atoms with E-state index in [1.54, 1.807) is 0 Å². The lowest BCUT2D eigenvalue weighted by Gasteiger charge is -2.45. The number of rotatable bonds is 74. The van der Waals surface area contributed by atoms with E-state index in [1.165, 1.54) is 100 Å².